The van der Waals surface area contributed by atoms with E-state index in [0.29, 0.717) is 5.71 Å². The van der Waals surface area contributed by atoms with E-state index >= 15 is 0 Å². The third kappa shape index (κ3) is 1.81. The van der Waals surface area contributed by atoms with Crippen LogP contribution in [0.2, 0.25) is 0 Å². The Hall–Kier alpha value is -1.91. The second-order valence-electron chi connectivity index (χ2n) is 3.47. The summed E-state index contributed by atoms with van der Waals surface area (Å²) in [7, 11) is 0. The number of amides is 1. The van der Waals surface area contributed by atoms with Gasteiger partial charge < -0.3 is 5.11 Å². The summed E-state index contributed by atoms with van der Waals surface area (Å²) in [5, 5.41) is 12.5. The molecule has 0 spiro atoms. The van der Waals surface area contributed by atoms with Crippen molar-refractivity contribution in [2.45, 2.75) is 6.42 Å². The molecule has 5 nitrogen and oxygen atoms in total. The van der Waals surface area contributed by atoms with Gasteiger partial charge in [-0.15, -0.1) is 0 Å². The lowest BCUT2D eigenvalue weighted by Gasteiger charge is -2.27. The quantitative estimate of drug-likeness (QED) is 0.682. The van der Waals surface area contributed by atoms with Gasteiger partial charge in [0.25, 0.3) is 0 Å². The van der Waals surface area contributed by atoms with Crippen LogP contribution in [-0.2, 0) is 9.59 Å². The van der Waals surface area contributed by atoms with Crippen molar-refractivity contribution in [1.29, 1.82) is 0 Å². The summed E-state index contributed by atoms with van der Waals surface area (Å²) in [5.74, 6) is -1.65. The highest BCUT2D eigenvalue weighted by molar-refractivity contribution is 6.05. The molecule has 1 aliphatic heterocycles. The Bertz CT molecular complexity index is 395. The van der Waals surface area contributed by atoms with Crippen molar-refractivity contribution in [2.24, 2.45) is 16.9 Å². The Labute approximate surface area is 86.2 Å². The molecule has 1 amide bonds. The molecule has 0 radical (unpaired) electrons. The fourth-order valence-corrected chi connectivity index (χ4v) is 1.76. The first-order valence-corrected chi connectivity index (χ1v) is 4.61. The highest BCUT2D eigenvalue weighted by Gasteiger charge is 2.33. The van der Waals surface area contributed by atoms with Crippen molar-refractivity contribution in [3.63, 3.8) is 0 Å². The van der Waals surface area contributed by atoms with Crippen LogP contribution in [0.1, 0.15) is 6.42 Å². The highest BCUT2D eigenvalue weighted by Crippen LogP contribution is 2.25. The number of nitrogens with one attached hydrogen (secondary N) is 1. The minimum Gasteiger partial charge on any atom is -0.481 e. The SMILES string of the molecule is O=C(O)CC1=NNC(=O)[C@@H]2C=CC=C[C@H]12. The zero-order chi connectivity index (χ0) is 10.8. The number of rotatable bonds is 2. The molecule has 0 saturated heterocycles. The molecular formula is C10H10N2O3. The van der Waals surface area contributed by atoms with Crippen molar-refractivity contribution in [3.8, 4) is 0 Å². The minimum absolute atomic E-state index is 0.139. The number of carbonyl (C=O) groups is 2. The predicted octanol–water partition coefficient (Wildman–Crippen LogP) is 0.305. The minimum atomic E-state index is -0.938. The van der Waals surface area contributed by atoms with E-state index in [4.69, 9.17) is 5.11 Å². The van der Waals surface area contributed by atoms with E-state index in [1.165, 1.54) is 0 Å². The smallest absolute Gasteiger partial charge is 0.309 e. The maximum Gasteiger partial charge on any atom is 0.309 e. The molecule has 78 valence electrons. The number of hydrogen-bond donors (Lipinski definition) is 2. The molecule has 0 aromatic heterocycles. The maximum atomic E-state index is 11.4. The van der Waals surface area contributed by atoms with Gasteiger partial charge in [-0.25, -0.2) is 5.43 Å². The number of carboxylic acid groups (broad SMARTS) is 1. The number of allylic oxidation sites excluding steroid dienone is 3. The van der Waals surface area contributed by atoms with E-state index in [-0.39, 0.29) is 24.2 Å². The summed E-state index contributed by atoms with van der Waals surface area (Å²) < 4.78 is 0. The van der Waals surface area contributed by atoms with E-state index in [2.05, 4.69) is 10.5 Å². The standard InChI is InChI=1S/C10H10N2O3/c13-9(14)5-8-6-3-1-2-4-7(6)10(15)12-11-8/h1-4,6-7H,5H2,(H,12,15)(H,13,14)/t6-,7+/m0/s1. The Morgan fingerprint density at radius 3 is 2.73 bits per heavy atom. The van der Waals surface area contributed by atoms with E-state index in [9.17, 15) is 9.59 Å². The van der Waals surface area contributed by atoms with Gasteiger partial charge in [0.15, 0.2) is 0 Å². The third-order valence-electron chi connectivity index (χ3n) is 2.46. The summed E-state index contributed by atoms with van der Waals surface area (Å²) in [6, 6.07) is 0. The van der Waals surface area contributed by atoms with Gasteiger partial charge in [0.05, 0.1) is 18.1 Å². The summed E-state index contributed by atoms with van der Waals surface area (Å²) in [6.07, 6.45) is 7.02. The van der Waals surface area contributed by atoms with Crippen molar-refractivity contribution in [3.05, 3.63) is 24.3 Å². The topological polar surface area (TPSA) is 78.8 Å². The number of carboxylic acids is 1. The number of nitrogens with zero attached hydrogens (tertiary/aromatic N) is 1. The average molecular weight is 206 g/mol. The average Bonchev–Trinajstić information content (AvgIpc) is 2.22. The predicted molar refractivity (Wildman–Crippen MR) is 53.1 cm³/mol. The van der Waals surface area contributed by atoms with Crippen LogP contribution in [0, 0.1) is 11.8 Å². The van der Waals surface area contributed by atoms with Gasteiger partial charge in [-0.2, -0.15) is 5.10 Å². The molecule has 0 saturated carbocycles. The Morgan fingerprint density at radius 1 is 1.40 bits per heavy atom. The Kier molecular flexibility index (Phi) is 2.37. The van der Waals surface area contributed by atoms with Gasteiger partial charge in [-0.1, -0.05) is 24.3 Å². The fourth-order valence-electron chi connectivity index (χ4n) is 1.76. The van der Waals surface area contributed by atoms with Crippen LogP contribution in [0.4, 0.5) is 0 Å². The first-order chi connectivity index (χ1) is 7.18. The van der Waals surface area contributed by atoms with Crippen LogP contribution in [0.3, 0.4) is 0 Å². The second kappa shape index (κ2) is 3.68. The molecular weight excluding hydrogens is 196 g/mol. The molecule has 5 heteroatoms. The van der Waals surface area contributed by atoms with Crippen LogP contribution in [-0.4, -0.2) is 22.7 Å². The van der Waals surface area contributed by atoms with Crippen LogP contribution < -0.4 is 5.43 Å². The molecule has 0 unspecified atom stereocenters. The third-order valence-corrected chi connectivity index (χ3v) is 2.46. The van der Waals surface area contributed by atoms with E-state index in [0.717, 1.165) is 0 Å². The van der Waals surface area contributed by atoms with Crippen LogP contribution in [0.5, 0.6) is 0 Å². The summed E-state index contributed by atoms with van der Waals surface area (Å²) >= 11 is 0. The highest BCUT2D eigenvalue weighted by atomic mass is 16.4. The number of hydrazone groups is 1. The molecule has 2 N–H and O–H groups in total. The van der Waals surface area contributed by atoms with Crippen molar-refractivity contribution >= 4 is 17.6 Å². The molecule has 0 fully saturated rings. The van der Waals surface area contributed by atoms with Gasteiger partial charge in [-0.05, 0) is 0 Å². The maximum absolute atomic E-state index is 11.4. The number of carbonyl (C=O) groups excluding carboxylic acids is 1. The molecule has 1 heterocycles. The van der Waals surface area contributed by atoms with E-state index < -0.39 is 5.97 Å². The van der Waals surface area contributed by atoms with Gasteiger partial charge in [0.2, 0.25) is 5.91 Å². The number of aliphatic carboxylic acids is 1. The lowest BCUT2D eigenvalue weighted by Crippen LogP contribution is -2.41. The first kappa shape index (κ1) is 9.64. The van der Waals surface area contributed by atoms with Crippen LogP contribution >= 0.6 is 0 Å². The van der Waals surface area contributed by atoms with Crippen LogP contribution in [0.15, 0.2) is 29.4 Å². The summed E-state index contributed by atoms with van der Waals surface area (Å²) in [6.45, 7) is 0. The number of fused-ring (bicyclic) bond motifs is 1. The van der Waals surface area contributed by atoms with Crippen molar-refractivity contribution < 1.29 is 14.7 Å². The molecule has 15 heavy (non-hydrogen) atoms. The van der Waals surface area contributed by atoms with Crippen molar-refractivity contribution in [1.82, 2.24) is 5.43 Å². The molecule has 1 aliphatic carbocycles. The van der Waals surface area contributed by atoms with Gasteiger partial charge >= 0.3 is 5.97 Å². The van der Waals surface area contributed by atoms with Crippen molar-refractivity contribution in [2.75, 3.05) is 0 Å². The molecule has 2 atom stereocenters. The largest absolute Gasteiger partial charge is 0.481 e. The normalized spacial score (nSPS) is 28.0. The van der Waals surface area contributed by atoms with E-state index in [1.54, 1.807) is 18.2 Å². The summed E-state index contributed by atoms with van der Waals surface area (Å²) in [4.78, 5) is 22.0. The monoisotopic (exact) mass is 206 g/mol. The van der Waals surface area contributed by atoms with Gasteiger partial charge in [0, 0.05) is 5.92 Å². The summed E-state index contributed by atoms with van der Waals surface area (Å²) in [5.41, 5.74) is 2.83. The lowest BCUT2D eigenvalue weighted by atomic mass is 9.82. The lowest BCUT2D eigenvalue weighted by molar-refractivity contribution is -0.136. The number of hydrogen-bond acceptors (Lipinski definition) is 3. The zero-order valence-corrected chi connectivity index (χ0v) is 7.88. The first-order valence-electron chi connectivity index (χ1n) is 4.61. The molecule has 0 bridgehead atoms. The van der Waals surface area contributed by atoms with Crippen LogP contribution in [0.25, 0.3) is 0 Å². The molecule has 0 aromatic carbocycles. The van der Waals surface area contributed by atoms with E-state index in [1.807, 2.05) is 6.08 Å². The zero-order valence-electron chi connectivity index (χ0n) is 7.88. The second-order valence-corrected chi connectivity index (χ2v) is 3.47. The Balaban J connectivity index is 2.26. The molecule has 2 aliphatic rings. The molecule has 0 aromatic rings. The molecule has 2 rings (SSSR count). The van der Waals surface area contributed by atoms with Gasteiger partial charge in [-0.3, -0.25) is 9.59 Å². The fraction of sp³-hybridized carbons (Fsp3) is 0.300. The van der Waals surface area contributed by atoms with Gasteiger partial charge in [0.1, 0.15) is 0 Å². The Morgan fingerprint density at radius 2 is 2.07 bits per heavy atom.